The van der Waals surface area contributed by atoms with Crippen molar-refractivity contribution in [2.24, 2.45) is 10.9 Å². The monoisotopic (exact) mass is 263 g/mol. The molecule has 0 aromatic carbocycles. The van der Waals surface area contributed by atoms with E-state index in [1.807, 2.05) is 0 Å². The van der Waals surface area contributed by atoms with Crippen molar-refractivity contribution in [3.05, 3.63) is 35.9 Å². The number of H-pyrrole nitrogens is 1. The molecule has 5 N–H and O–H groups in total. The van der Waals surface area contributed by atoms with Gasteiger partial charge in [0.2, 0.25) is 5.91 Å². The Bertz CT molecular complexity index is 573. The van der Waals surface area contributed by atoms with Crippen LogP contribution in [0.2, 0.25) is 0 Å². The molecule has 0 radical (unpaired) electrons. The summed E-state index contributed by atoms with van der Waals surface area (Å²) >= 11 is 0. The quantitative estimate of drug-likeness (QED) is 0.272. The maximum absolute atomic E-state index is 11.7. The smallest absolute Gasteiger partial charge is 0.225 e. The average molecular weight is 263 g/mol. The van der Waals surface area contributed by atoms with E-state index < -0.39 is 0 Å². The van der Waals surface area contributed by atoms with Crippen LogP contribution in [0.15, 0.2) is 34.2 Å². The van der Waals surface area contributed by atoms with Crippen molar-refractivity contribution in [1.82, 2.24) is 10.2 Å². The van der Waals surface area contributed by atoms with Crippen molar-refractivity contribution < 1.29 is 14.4 Å². The topological polar surface area (TPSA) is 130 Å². The van der Waals surface area contributed by atoms with Crippen molar-refractivity contribution >= 4 is 17.6 Å². The van der Waals surface area contributed by atoms with Gasteiger partial charge in [-0.1, -0.05) is 5.16 Å². The summed E-state index contributed by atoms with van der Waals surface area (Å²) < 4.78 is 5.13. The molecule has 0 spiro atoms. The Balaban J connectivity index is 1.94. The zero-order valence-corrected chi connectivity index (χ0v) is 9.96. The van der Waals surface area contributed by atoms with Crippen LogP contribution in [-0.2, 0) is 11.2 Å². The second-order valence-electron chi connectivity index (χ2n) is 3.77. The fourth-order valence-corrected chi connectivity index (χ4v) is 1.52. The van der Waals surface area contributed by atoms with E-state index in [4.69, 9.17) is 15.4 Å². The van der Waals surface area contributed by atoms with Crippen LogP contribution in [0, 0.1) is 0 Å². The van der Waals surface area contributed by atoms with Crippen LogP contribution >= 0.6 is 0 Å². The van der Waals surface area contributed by atoms with Crippen molar-refractivity contribution in [3.63, 3.8) is 0 Å². The van der Waals surface area contributed by atoms with Gasteiger partial charge in [0, 0.05) is 12.8 Å². The summed E-state index contributed by atoms with van der Waals surface area (Å²) in [5, 5.41) is 20.3. The standard InChI is InChI=1S/C11H13N5O3/c12-10(16-18)8-6-13-15-11(8)14-9(17)4-3-7-2-1-5-19-7/h1-2,5-6,18H,3-4H2,(H2,12,16)(H2,13,14,15,17). The number of aromatic nitrogens is 2. The van der Waals surface area contributed by atoms with Gasteiger partial charge in [-0.05, 0) is 12.1 Å². The van der Waals surface area contributed by atoms with Gasteiger partial charge in [-0.2, -0.15) is 5.10 Å². The Morgan fingerprint density at radius 3 is 3.16 bits per heavy atom. The minimum Gasteiger partial charge on any atom is -0.469 e. The fourth-order valence-electron chi connectivity index (χ4n) is 1.52. The van der Waals surface area contributed by atoms with E-state index in [2.05, 4.69) is 20.7 Å². The predicted molar refractivity (Wildman–Crippen MR) is 66.8 cm³/mol. The van der Waals surface area contributed by atoms with Crippen molar-refractivity contribution in [1.29, 1.82) is 0 Å². The van der Waals surface area contributed by atoms with Gasteiger partial charge in [-0.25, -0.2) is 0 Å². The summed E-state index contributed by atoms with van der Waals surface area (Å²) in [6.45, 7) is 0. The first-order chi connectivity index (χ1) is 9.20. The lowest BCUT2D eigenvalue weighted by atomic mass is 10.2. The number of furan rings is 1. The Morgan fingerprint density at radius 2 is 2.47 bits per heavy atom. The molecule has 8 nitrogen and oxygen atoms in total. The van der Waals surface area contributed by atoms with Crippen LogP contribution in [0.3, 0.4) is 0 Å². The number of nitrogens with one attached hydrogen (secondary N) is 2. The molecule has 0 bridgehead atoms. The molecule has 19 heavy (non-hydrogen) atoms. The highest BCUT2D eigenvalue weighted by Crippen LogP contribution is 2.11. The number of aryl methyl sites for hydroxylation is 1. The first-order valence-electron chi connectivity index (χ1n) is 5.54. The molecule has 2 aromatic rings. The number of amidine groups is 1. The summed E-state index contributed by atoms with van der Waals surface area (Å²) in [6, 6.07) is 3.56. The van der Waals surface area contributed by atoms with Crippen molar-refractivity contribution in [2.75, 3.05) is 5.32 Å². The van der Waals surface area contributed by atoms with Gasteiger partial charge < -0.3 is 20.7 Å². The molecule has 0 saturated heterocycles. The average Bonchev–Trinajstić information content (AvgIpc) is 3.06. The molecule has 0 aliphatic heterocycles. The minimum absolute atomic E-state index is 0.130. The Kier molecular flexibility index (Phi) is 3.81. The normalized spacial score (nSPS) is 11.5. The molecule has 0 aliphatic carbocycles. The van der Waals surface area contributed by atoms with Crippen LogP contribution in [0.5, 0.6) is 0 Å². The summed E-state index contributed by atoms with van der Waals surface area (Å²) in [7, 11) is 0. The van der Waals surface area contributed by atoms with Gasteiger partial charge in [-0.15, -0.1) is 0 Å². The van der Waals surface area contributed by atoms with Gasteiger partial charge in [0.15, 0.2) is 5.84 Å². The molecule has 0 aliphatic rings. The lowest BCUT2D eigenvalue weighted by Gasteiger charge is -2.04. The molecule has 100 valence electrons. The molecule has 0 fully saturated rings. The second-order valence-corrected chi connectivity index (χ2v) is 3.77. The van der Waals surface area contributed by atoms with E-state index in [9.17, 15) is 4.79 Å². The van der Waals surface area contributed by atoms with E-state index in [1.165, 1.54) is 6.20 Å². The van der Waals surface area contributed by atoms with Crippen LogP contribution in [0.1, 0.15) is 17.7 Å². The first-order valence-corrected chi connectivity index (χ1v) is 5.54. The van der Waals surface area contributed by atoms with Crippen molar-refractivity contribution in [2.45, 2.75) is 12.8 Å². The number of carbonyl (C=O) groups is 1. The maximum Gasteiger partial charge on any atom is 0.225 e. The number of anilines is 1. The molecule has 2 aromatic heterocycles. The van der Waals surface area contributed by atoms with Gasteiger partial charge in [0.05, 0.1) is 18.0 Å². The van der Waals surface area contributed by atoms with E-state index in [-0.39, 0.29) is 18.2 Å². The van der Waals surface area contributed by atoms with Gasteiger partial charge in [0.1, 0.15) is 11.6 Å². The van der Waals surface area contributed by atoms with E-state index in [0.29, 0.717) is 17.8 Å². The third-order valence-electron chi connectivity index (χ3n) is 2.47. The SMILES string of the molecule is NC(=NO)c1cn[nH]c1NC(=O)CCc1ccco1. The van der Waals surface area contributed by atoms with Gasteiger partial charge >= 0.3 is 0 Å². The number of nitrogens with zero attached hydrogens (tertiary/aromatic N) is 2. The maximum atomic E-state index is 11.7. The number of nitrogens with two attached hydrogens (primary N) is 1. The Morgan fingerprint density at radius 1 is 1.63 bits per heavy atom. The van der Waals surface area contributed by atoms with Crippen molar-refractivity contribution in [3.8, 4) is 0 Å². The summed E-state index contributed by atoms with van der Waals surface area (Å²) in [6.07, 6.45) is 3.66. The number of aromatic amines is 1. The Hall–Kier alpha value is -2.77. The number of carbonyl (C=O) groups excluding carboxylic acids is 1. The first kappa shape index (κ1) is 12.7. The fraction of sp³-hybridized carbons (Fsp3) is 0.182. The van der Waals surface area contributed by atoms with Crippen LogP contribution in [-0.4, -0.2) is 27.1 Å². The third-order valence-corrected chi connectivity index (χ3v) is 2.47. The third kappa shape index (κ3) is 3.12. The molecule has 1 amide bonds. The molecule has 0 saturated carbocycles. The molecular weight excluding hydrogens is 250 g/mol. The lowest BCUT2D eigenvalue weighted by Crippen LogP contribution is -2.18. The highest BCUT2D eigenvalue weighted by molar-refractivity contribution is 6.04. The second kappa shape index (κ2) is 5.71. The van der Waals surface area contributed by atoms with Gasteiger partial charge in [0.25, 0.3) is 0 Å². The predicted octanol–water partition coefficient (Wildman–Crippen LogP) is 0.668. The van der Waals surface area contributed by atoms with Crippen LogP contribution < -0.4 is 11.1 Å². The van der Waals surface area contributed by atoms with E-state index in [1.54, 1.807) is 18.4 Å². The lowest BCUT2D eigenvalue weighted by molar-refractivity contribution is -0.116. The molecule has 0 atom stereocenters. The molecule has 2 rings (SSSR count). The molecule has 0 unspecified atom stereocenters. The molecule has 8 heteroatoms. The van der Waals surface area contributed by atoms with Crippen LogP contribution in [0.25, 0.3) is 0 Å². The van der Waals surface area contributed by atoms with Crippen LogP contribution in [0.4, 0.5) is 5.82 Å². The largest absolute Gasteiger partial charge is 0.469 e. The van der Waals surface area contributed by atoms with E-state index >= 15 is 0 Å². The Labute approximate surface area is 108 Å². The zero-order chi connectivity index (χ0) is 13.7. The number of hydrogen-bond donors (Lipinski definition) is 4. The number of oxime groups is 1. The number of hydrogen-bond acceptors (Lipinski definition) is 5. The van der Waals surface area contributed by atoms with E-state index in [0.717, 1.165) is 5.76 Å². The summed E-state index contributed by atoms with van der Waals surface area (Å²) in [5.41, 5.74) is 5.77. The summed E-state index contributed by atoms with van der Waals surface area (Å²) in [4.78, 5) is 11.7. The molecular formula is C11H13N5O3. The summed E-state index contributed by atoms with van der Waals surface area (Å²) in [5.74, 6) is 0.666. The number of rotatable bonds is 5. The number of amides is 1. The minimum atomic E-state index is -0.229. The highest BCUT2D eigenvalue weighted by atomic mass is 16.4. The van der Waals surface area contributed by atoms with Gasteiger partial charge in [-0.3, -0.25) is 9.89 Å². The highest BCUT2D eigenvalue weighted by Gasteiger charge is 2.12. The molecule has 2 heterocycles. The zero-order valence-electron chi connectivity index (χ0n) is 9.96.